The lowest BCUT2D eigenvalue weighted by atomic mass is 9.98. The quantitative estimate of drug-likeness (QED) is 0.826. The fourth-order valence-corrected chi connectivity index (χ4v) is 1.55. The lowest BCUT2D eigenvalue weighted by Gasteiger charge is -2.28. The molecule has 0 heterocycles. The van der Waals surface area contributed by atoms with Crippen molar-refractivity contribution in [2.45, 2.75) is 25.8 Å². The van der Waals surface area contributed by atoms with E-state index in [1.165, 1.54) is 6.07 Å². The first-order valence-corrected chi connectivity index (χ1v) is 5.79. The van der Waals surface area contributed by atoms with Crippen molar-refractivity contribution in [3.8, 4) is 0 Å². The van der Waals surface area contributed by atoms with Gasteiger partial charge in [-0.05, 0) is 25.5 Å². The van der Waals surface area contributed by atoms with Gasteiger partial charge in [0.05, 0.1) is 10.5 Å². The molecule has 98 valence electrons. The van der Waals surface area contributed by atoms with Gasteiger partial charge in [0, 0.05) is 0 Å². The van der Waals surface area contributed by atoms with Crippen molar-refractivity contribution in [2.24, 2.45) is 5.73 Å². The van der Waals surface area contributed by atoms with E-state index in [1.54, 1.807) is 13.8 Å². The van der Waals surface area contributed by atoms with E-state index in [0.717, 1.165) is 12.1 Å². The Morgan fingerprint density at radius 3 is 2.33 bits per heavy atom. The summed E-state index contributed by atoms with van der Waals surface area (Å²) in [6.07, 6.45) is 0.421. The molecular formula is C12H14F2N2OS. The summed E-state index contributed by atoms with van der Waals surface area (Å²) >= 11 is 4.84. The molecule has 0 bridgehead atoms. The molecule has 1 amide bonds. The van der Waals surface area contributed by atoms with Crippen LogP contribution in [0.25, 0.3) is 0 Å². The summed E-state index contributed by atoms with van der Waals surface area (Å²) in [5, 5.41) is 2.46. The third-order valence-electron chi connectivity index (χ3n) is 2.83. The van der Waals surface area contributed by atoms with Gasteiger partial charge in [-0.1, -0.05) is 25.2 Å². The molecule has 1 unspecified atom stereocenters. The molecule has 0 aliphatic heterocycles. The molecule has 6 heteroatoms. The van der Waals surface area contributed by atoms with Crippen LogP contribution in [0.5, 0.6) is 0 Å². The molecule has 0 saturated carbocycles. The Kier molecular flexibility index (Phi) is 4.34. The number of nitrogens with two attached hydrogens (primary N) is 1. The molecule has 0 spiro atoms. The van der Waals surface area contributed by atoms with Crippen LogP contribution in [0.1, 0.15) is 30.6 Å². The monoisotopic (exact) mass is 272 g/mol. The molecule has 18 heavy (non-hydrogen) atoms. The van der Waals surface area contributed by atoms with Gasteiger partial charge in [-0.15, -0.1) is 0 Å². The fraction of sp³-hybridized carbons (Fsp3) is 0.333. The first kappa shape index (κ1) is 14.5. The summed E-state index contributed by atoms with van der Waals surface area (Å²) in [6, 6.07) is 3.22. The highest BCUT2D eigenvalue weighted by Gasteiger charge is 2.30. The fourth-order valence-electron chi connectivity index (χ4n) is 1.35. The van der Waals surface area contributed by atoms with E-state index < -0.39 is 28.6 Å². The van der Waals surface area contributed by atoms with Crippen LogP contribution in [0.4, 0.5) is 8.78 Å². The third-order valence-corrected chi connectivity index (χ3v) is 3.28. The zero-order valence-electron chi connectivity index (χ0n) is 10.1. The second-order valence-corrected chi connectivity index (χ2v) is 4.54. The molecule has 0 fully saturated rings. The van der Waals surface area contributed by atoms with E-state index in [2.05, 4.69) is 5.32 Å². The lowest BCUT2D eigenvalue weighted by molar-refractivity contribution is 0.0918. The number of carbonyl (C=O) groups excluding carboxylic acids is 1. The zero-order chi connectivity index (χ0) is 13.9. The number of amides is 1. The molecule has 3 nitrogen and oxygen atoms in total. The van der Waals surface area contributed by atoms with Crippen molar-refractivity contribution < 1.29 is 13.6 Å². The Labute approximate surface area is 109 Å². The number of benzene rings is 1. The second kappa shape index (κ2) is 5.39. The van der Waals surface area contributed by atoms with Crippen LogP contribution >= 0.6 is 12.2 Å². The van der Waals surface area contributed by atoms with Gasteiger partial charge in [-0.2, -0.15) is 0 Å². The van der Waals surface area contributed by atoms with E-state index in [0.29, 0.717) is 6.42 Å². The smallest absolute Gasteiger partial charge is 0.258 e. The number of rotatable bonds is 4. The van der Waals surface area contributed by atoms with Crippen molar-refractivity contribution in [3.63, 3.8) is 0 Å². The van der Waals surface area contributed by atoms with E-state index in [-0.39, 0.29) is 4.99 Å². The molecule has 3 N–H and O–H groups in total. The number of nitrogens with one attached hydrogen (secondary N) is 1. The van der Waals surface area contributed by atoms with Crippen LogP contribution in [-0.2, 0) is 0 Å². The van der Waals surface area contributed by atoms with Gasteiger partial charge in [0.2, 0.25) is 0 Å². The second-order valence-electron chi connectivity index (χ2n) is 4.10. The van der Waals surface area contributed by atoms with E-state index >= 15 is 0 Å². The normalized spacial score (nSPS) is 13.8. The van der Waals surface area contributed by atoms with E-state index in [1.807, 2.05) is 0 Å². The van der Waals surface area contributed by atoms with Crippen molar-refractivity contribution in [2.75, 3.05) is 0 Å². The van der Waals surface area contributed by atoms with Crippen molar-refractivity contribution in [1.82, 2.24) is 5.32 Å². The largest absolute Gasteiger partial charge is 0.391 e. The predicted molar refractivity (Wildman–Crippen MR) is 69.3 cm³/mol. The maximum absolute atomic E-state index is 13.4. The van der Waals surface area contributed by atoms with Gasteiger partial charge in [0.15, 0.2) is 0 Å². The molecule has 1 aromatic carbocycles. The Hall–Kier alpha value is -1.56. The standard InChI is InChI=1S/C12H14F2N2OS/c1-3-12(2,11(15)18)16-10(17)9-7(13)5-4-6-8(9)14/h4-6H,3H2,1-2H3,(H2,15,18)(H,16,17). The van der Waals surface area contributed by atoms with Gasteiger partial charge >= 0.3 is 0 Å². The molecule has 0 radical (unpaired) electrons. The lowest BCUT2D eigenvalue weighted by Crippen LogP contribution is -2.54. The van der Waals surface area contributed by atoms with Crippen molar-refractivity contribution in [1.29, 1.82) is 0 Å². The minimum absolute atomic E-state index is 0.0649. The minimum Gasteiger partial charge on any atom is -0.391 e. The van der Waals surface area contributed by atoms with Crippen LogP contribution in [0.15, 0.2) is 18.2 Å². The van der Waals surface area contributed by atoms with E-state index in [4.69, 9.17) is 18.0 Å². The summed E-state index contributed by atoms with van der Waals surface area (Å²) in [5.41, 5.74) is 3.91. The number of halogens is 2. The van der Waals surface area contributed by atoms with Gasteiger partial charge in [-0.25, -0.2) is 8.78 Å². The Bertz CT molecular complexity index is 473. The summed E-state index contributed by atoms with van der Waals surface area (Å²) < 4.78 is 26.8. The molecule has 1 rings (SSSR count). The average Bonchev–Trinajstić information content (AvgIpc) is 2.28. The van der Waals surface area contributed by atoms with Crippen molar-refractivity contribution >= 4 is 23.1 Å². The Morgan fingerprint density at radius 1 is 1.44 bits per heavy atom. The van der Waals surface area contributed by atoms with Crippen LogP contribution in [0.2, 0.25) is 0 Å². The molecule has 1 atom stereocenters. The highest BCUT2D eigenvalue weighted by Crippen LogP contribution is 2.15. The maximum Gasteiger partial charge on any atom is 0.258 e. The number of hydrogen-bond donors (Lipinski definition) is 2. The minimum atomic E-state index is -0.971. The van der Waals surface area contributed by atoms with Crippen LogP contribution in [-0.4, -0.2) is 16.4 Å². The summed E-state index contributed by atoms with van der Waals surface area (Å²) in [4.78, 5) is 11.9. The topological polar surface area (TPSA) is 55.1 Å². The summed E-state index contributed by atoms with van der Waals surface area (Å²) in [7, 11) is 0. The predicted octanol–water partition coefficient (Wildman–Crippen LogP) is 2.15. The van der Waals surface area contributed by atoms with Gasteiger partial charge < -0.3 is 11.1 Å². The highest BCUT2D eigenvalue weighted by molar-refractivity contribution is 7.80. The molecule has 1 aromatic rings. The number of carbonyl (C=O) groups is 1. The van der Waals surface area contributed by atoms with Crippen LogP contribution < -0.4 is 11.1 Å². The number of thiocarbonyl (C=S) groups is 1. The van der Waals surface area contributed by atoms with Crippen LogP contribution in [0, 0.1) is 11.6 Å². The third kappa shape index (κ3) is 2.81. The average molecular weight is 272 g/mol. The first-order valence-electron chi connectivity index (χ1n) is 5.38. The zero-order valence-corrected chi connectivity index (χ0v) is 10.9. The molecule has 0 saturated heterocycles. The molecule has 0 aromatic heterocycles. The Balaban J connectivity index is 3.06. The molecule has 0 aliphatic rings. The SMILES string of the molecule is CCC(C)(NC(=O)c1c(F)cccc1F)C(N)=S. The molecule has 0 aliphatic carbocycles. The van der Waals surface area contributed by atoms with Crippen LogP contribution in [0.3, 0.4) is 0 Å². The van der Waals surface area contributed by atoms with Crippen molar-refractivity contribution in [3.05, 3.63) is 35.4 Å². The van der Waals surface area contributed by atoms with Gasteiger partial charge in [0.25, 0.3) is 5.91 Å². The number of hydrogen-bond acceptors (Lipinski definition) is 2. The molecular weight excluding hydrogens is 258 g/mol. The maximum atomic E-state index is 13.4. The summed E-state index contributed by atoms with van der Waals surface area (Å²) in [5.74, 6) is -2.72. The first-order chi connectivity index (χ1) is 8.31. The van der Waals surface area contributed by atoms with E-state index in [9.17, 15) is 13.6 Å². The summed E-state index contributed by atoms with van der Waals surface area (Å²) in [6.45, 7) is 3.36. The Morgan fingerprint density at radius 2 is 1.94 bits per heavy atom. The van der Waals surface area contributed by atoms with Gasteiger partial charge in [0.1, 0.15) is 17.2 Å². The highest BCUT2D eigenvalue weighted by atomic mass is 32.1. The van der Waals surface area contributed by atoms with Gasteiger partial charge in [-0.3, -0.25) is 4.79 Å².